The van der Waals surface area contributed by atoms with Crippen molar-refractivity contribution in [1.82, 2.24) is 5.32 Å². The number of hydrogen-bond donors (Lipinski definition) is 1. The lowest BCUT2D eigenvalue weighted by Crippen LogP contribution is -2.25. The number of nitrogens with one attached hydrogen (secondary N) is 1. The zero-order chi connectivity index (χ0) is 13.5. The van der Waals surface area contributed by atoms with Crippen molar-refractivity contribution in [3.8, 4) is 0 Å². The van der Waals surface area contributed by atoms with E-state index in [4.69, 9.17) is 0 Å². The van der Waals surface area contributed by atoms with Gasteiger partial charge in [0.25, 0.3) is 0 Å². The van der Waals surface area contributed by atoms with Crippen molar-refractivity contribution in [2.45, 2.75) is 53.4 Å². The van der Waals surface area contributed by atoms with E-state index in [0.717, 1.165) is 19.0 Å². The molecule has 18 heavy (non-hydrogen) atoms. The van der Waals surface area contributed by atoms with E-state index in [9.17, 15) is 0 Å². The zero-order valence-corrected chi connectivity index (χ0v) is 12.7. The molecular formula is C17H29N. The number of aryl methyl sites for hydroxylation is 2. The number of rotatable bonds is 7. The van der Waals surface area contributed by atoms with Gasteiger partial charge in [0.1, 0.15) is 0 Å². The van der Waals surface area contributed by atoms with E-state index in [1.54, 1.807) is 0 Å². The van der Waals surface area contributed by atoms with Crippen molar-refractivity contribution in [3.05, 3.63) is 34.9 Å². The molecule has 0 spiro atoms. The molecule has 2 atom stereocenters. The Labute approximate surface area is 113 Å². The molecule has 0 bridgehead atoms. The van der Waals surface area contributed by atoms with Gasteiger partial charge in [-0.15, -0.1) is 0 Å². The van der Waals surface area contributed by atoms with Gasteiger partial charge < -0.3 is 5.32 Å². The minimum absolute atomic E-state index is 0.643. The van der Waals surface area contributed by atoms with Gasteiger partial charge in [-0.05, 0) is 48.9 Å². The monoisotopic (exact) mass is 247 g/mol. The fourth-order valence-electron chi connectivity index (χ4n) is 2.60. The first-order valence-electron chi connectivity index (χ1n) is 7.38. The van der Waals surface area contributed by atoms with Crippen LogP contribution in [0.15, 0.2) is 18.2 Å². The molecule has 0 aromatic heterocycles. The lowest BCUT2D eigenvalue weighted by molar-refractivity contribution is 0.406. The first-order valence-corrected chi connectivity index (χ1v) is 7.38. The summed E-state index contributed by atoms with van der Waals surface area (Å²) in [6, 6.07) is 6.96. The molecule has 0 aliphatic carbocycles. The van der Waals surface area contributed by atoms with Gasteiger partial charge >= 0.3 is 0 Å². The molecule has 0 saturated carbocycles. The highest BCUT2D eigenvalue weighted by Crippen LogP contribution is 2.28. The third-order valence-electron chi connectivity index (χ3n) is 4.00. The number of likely N-dealkylation sites (N-methyl/N-ethyl adjacent to an activating group) is 1. The van der Waals surface area contributed by atoms with Crippen LogP contribution >= 0.6 is 0 Å². The Balaban J connectivity index is 2.89. The molecular weight excluding hydrogens is 218 g/mol. The van der Waals surface area contributed by atoms with E-state index >= 15 is 0 Å². The second kappa shape index (κ2) is 7.58. The van der Waals surface area contributed by atoms with Crippen LogP contribution in [0.1, 0.15) is 56.2 Å². The SMILES string of the molecule is CCCC(C)C(CNCC)c1ccc(C)c(C)c1. The number of benzene rings is 1. The van der Waals surface area contributed by atoms with E-state index in [-0.39, 0.29) is 0 Å². The Morgan fingerprint density at radius 2 is 1.83 bits per heavy atom. The molecule has 0 saturated heterocycles. The van der Waals surface area contributed by atoms with Crippen LogP contribution in [-0.4, -0.2) is 13.1 Å². The molecule has 2 unspecified atom stereocenters. The summed E-state index contributed by atoms with van der Waals surface area (Å²) in [6.07, 6.45) is 2.58. The van der Waals surface area contributed by atoms with Crippen molar-refractivity contribution in [2.75, 3.05) is 13.1 Å². The Hall–Kier alpha value is -0.820. The Morgan fingerprint density at radius 1 is 1.11 bits per heavy atom. The summed E-state index contributed by atoms with van der Waals surface area (Å²) in [4.78, 5) is 0. The molecule has 1 nitrogen and oxygen atoms in total. The molecule has 102 valence electrons. The summed E-state index contributed by atoms with van der Waals surface area (Å²) in [6.45, 7) is 13.4. The first kappa shape index (κ1) is 15.2. The molecule has 0 radical (unpaired) electrons. The van der Waals surface area contributed by atoms with Gasteiger partial charge in [-0.25, -0.2) is 0 Å². The molecule has 0 amide bonds. The normalized spacial score (nSPS) is 14.5. The molecule has 1 aromatic carbocycles. The standard InChI is InChI=1S/C17H29N/c1-6-8-14(4)17(12-18-7-2)16-10-9-13(3)15(5)11-16/h9-11,14,17-18H,6-8,12H2,1-5H3. The third kappa shape index (κ3) is 4.13. The van der Waals surface area contributed by atoms with Crippen molar-refractivity contribution in [3.63, 3.8) is 0 Å². The van der Waals surface area contributed by atoms with Crippen molar-refractivity contribution >= 4 is 0 Å². The smallest absolute Gasteiger partial charge is 0.00226 e. The highest BCUT2D eigenvalue weighted by atomic mass is 14.8. The van der Waals surface area contributed by atoms with Gasteiger partial charge in [-0.1, -0.05) is 51.8 Å². The first-order chi connectivity index (χ1) is 8.60. The molecule has 1 aromatic rings. The van der Waals surface area contributed by atoms with Crippen LogP contribution in [0.2, 0.25) is 0 Å². The molecule has 1 rings (SSSR count). The number of hydrogen-bond acceptors (Lipinski definition) is 1. The van der Waals surface area contributed by atoms with Gasteiger partial charge in [0.2, 0.25) is 0 Å². The predicted octanol–water partition coefficient (Wildman–Crippen LogP) is 4.43. The van der Waals surface area contributed by atoms with Crippen molar-refractivity contribution < 1.29 is 0 Å². The van der Waals surface area contributed by atoms with Crippen LogP contribution in [0.25, 0.3) is 0 Å². The van der Waals surface area contributed by atoms with Crippen LogP contribution in [0, 0.1) is 19.8 Å². The summed E-state index contributed by atoms with van der Waals surface area (Å²) < 4.78 is 0. The predicted molar refractivity (Wildman–Crippen MR) is 81.3 cm³/mol. The second-order valence-electron chi connectivity index (χ2n) is 5.52. The van der Waals surface area contributed by atoms with Crippen LogP contribution in [0.4, 0.5) is 0 Å². The molecule has 0 aliphatic heterocycles. The van der Waals surface area contributed by atoms with Gasteiger partial charge in [-0.2, -0.15) is 0 Å². The van der Waals surface area contributed by atoms with Gasteiger partial charge in [0.05, 0.1) is 0 Å². The van der Waals surface area contributed by atoms with E-state index in [1.807, 2.05) is 0 Å². The Bertz CT molecular complexity index is 357. The summed E-state index contributed by atoms with van der Waals surface area (Å²) in [5.41, 5.74) is 4.31. The molecule has 0 heterocycles. The van der Waals surface area contributed by atoms with Gasteiger partial charge in [0, 0.05) is 6.54 Å². The minimum atomic E-state index is 0.643. The van der Waals surface area contributed by atoms with Crippen LogP contribution in [-0.2, 0) is 0 Å². The van der Waals surface area contributed by atoms with E-state index in [2.05, 4.69) is 58.1 Å². The lowest BCUT2D eigenvalue weighted by atomic mass is 9.83. The van der Waals surface area contributed by atoms with Crippen LogP contribution in [0.5, 0.6) is 0 Å². The maximum absolute atomic E-state index is 3.52. The van der Waals surface area contributed by atoms with Gasteiger partial charge in [0.15, 0.2) is 0 Å². The highest BCUT2D eigenvalue weighted by Gasteiger charge is 2.18. The Kier molecular flexibility index (Phi) is 6.42. The van der Waals surface area contributed by atoms with E-state index < -0.39 is 0 Å². The fraction of sp³-hybridized carbons (Fsp3) is 0.647. The summed E-state index contributed by atoms with van der Waals surface area (Å²) in [5.74, 6) is 1.39. The molecule has 1 heteroatoms. The fourth-order valence-corrected chi connectivity index (χ4v) is 2.60. The lowest BCUT2D eigenvalue weighted by Gasteiger charge is -2.25. The van der Waals surface area contributed by atoms with Gasteiger partial charge in [-0.3, -0.25) is 0 Å². The molecule has 0 aliphatic rings. The molecule has 0 fully saturated rings. The summed E-state index contributed by atoms with van der Waals surface area (Å²) in [7, 11) is 0. The van der Waals surface area contributed by atoms with E-state index in [0.29, 0.717) is 5.92 Å². The topological polar surface area (TPSA) is 12.0 Å². The minimum Gasteiger partial charge on any atom is -0.316 e. The molecule has 1 N–H and O–H groups in total. The largest absolute Gasteiger partial charge is 0.316 e. The average Bonchev–Trinajstić information content (AvgIpc) is 2.34. The maximum atomic E-state index is 3.52. The Morgan fingerprint density at radius 3 is 2.39 bits per heavy atom. The average molecular weight is 247 g/mol. The zero-order valence-electron chi connectivity index (χ0n) is 12.7. The van der Waals surface area contributed by atoms with E-state index in [1.165, 1.54) is 29.5 Å². The van der Waals surface area contributed by atoms with Crippen LogP contribution < -0.4 is 5.32 Å². The highest BCUT2D eigenvalue weighted by molar-refractivity contribution is 5.32. The second-order valence-corrected chi connectivity index (χ2v) is 5.52. The van der Waals surface area contributed by atoms with Crippen molar-refractivity contribution in [1.29, 1.82) is 0 Å². The summed E-state index contributed by atoms with van der Waals surface area (Å²) in [5, 5.41) is 3.52. The summed E-state index contributed by atoms with van der Waals surface area (Å²) >= 11 is 0. The third-order valence-corrected chi connectivity index (χ3v) is 4.00. The quantitative estimate of drug-likeness (QED) is 0.751. The van der Waals surface area contributed by atoms with Crippen molar-refractivity contribution in [2.24, 2.45) is 5.92 Å². The maximum Gasteiger partial charge on any atom is 0.00226 e. The van der Waals surface area contributed by atoms with Crippen LogP contribution in [0.3, 0.4) is 0 Å².